The topological polar surface area (TPSA) is 39.1 Å². The van der Waals surface area contributed by atoms with Crippen molar-refractivity contribution >= 4 is 0 Å². The summed E-state index contributed by atoms with van der Waals surface area (Å²) in [5.74, 6) is 0. The van der Waals surface area contributed by atoms with Gasteiger partial charge < -0.3 is 10.1 Å². The Morgan fingerprint density at radius 3 is 2.37 bits per heavy atom. The standard InChI is InChI=1S/C15H29N3O/c1-7-13-12(11-16-15(3,4)5)14(8-2)18(17-13)9-10-19-6/h16H,7-11H2,1-6H3. The zero-order valence-corrected chi connectivity index (χ0v) is 13.3. The molecule has 0 saturated carbocycles. The average molecular weight is 267 g/mol. The van der Waals surface area contributed by atoms with Crippen LogP contribution in [0.4, 0.5) is 0 Å². The van der Waals surface area contributed by atoms with Crippen molar-refractivity contribution in [3.8, 4) is 0 Å². The van der Waals surface area contributed by atoms with Crippen LogP contribution in [0.1, 0.15) is 51.6 Å². The molecule has 0 unspecified atom stereocenters. The van der Waals surface area contributed by atoms with Crippen LogP contribution in [0.3, 0.4) is 0 Å². The van der Waals surface area contributed by atoms with Crippen molar-refractivity contribution in [2.75, 3.05) is 13.7 Å². The number of aromatic nitrogens is 2. The van der Waals surface area contributed by atoms with Crippen molar-refractivity contribution in [2.45, 2.75) is 66.1 Å². The number of nitrogens with one attached hydrogen (secondary N) is 1. The molecular weight excluding hydrogens is 238 g/mol. The highest BCUT2D eigenvalue weighted by atomic mass is 16.5. The maximum atomic E-state index is 5.17. The summed E-state index contributed by atoms with van der Waals surface area (Å²) < 4.78 is 7.28. The number of ether oxygens (including phenoxy) is 1. The van der Waals surface area contributed by atoms with Gasteiger partial charge in [0, 0.05) is 30.5 Å². The minimum Gasteiger partial charge on any atom is -0.383 e. The first-order valence-corrected chi connectivity index (χ1v) is 7.24. The van der Waals surface area contributed by atoms with Crippen LogP contribution in [-0.2, 0) is 30.7 Å². The number of rotatable bonds is 7. The summed E-state index contributed by atoms with van der Waals surface area (Å²) in [5, 5.41) is 8.31. The Morgan fingerprint density at radius 2 is 1.89 bits per heavy atom. The van der Waals surface area contributed by atoms with Crippen LogP contribution in [0.25, 0.3) is 0 Å². The fourth-order valence-electron chi connectivity index (χ4n) is 2.19. The van der Waals surface area contributed by atoms with E-state index in [1.807, 2.05) is 0 Å². The lowest BCUT2D eigenvalue weighted by Gasteiger charge is -2.21. The van der Waals surface area contributed by atoms with Crippen molar-refractivity contribution in [3.63, 3.8) is 0 Å². The molecule has 0 aromatic carbocycles. The van der Waals surface area contributed by atoms with E-state index >= 15 is 0 Å². The van der Waals surface area contributed by atoms with Gasteiger partial charge in [0.2, 0.25) is 0 Å². The summed E-state index contributed by atoms with van der Waals surface area (Å²) in [7, 11) is 1.73. The molecule has 110 valence electrons. The molecule has 19 heavy (non-hydrogen) atoms. The molecule has 0 atom stereocenters. The van der Waals surface area contributed by atoms with E-state index in [-0.39, 0.29) is 5.54 Å². The average Bonchev–Trinajstić information content (AvgIpc) is 2.69. The molecule has 0 fully saturated rings. The molecule has 0 amide bonds. The van der Waals surface area contributed by atoms with Gasteiger partial charge in [-0.1, -0.05) is 13.8 Å². The smallest absolute Gasteiger partial charge is 0.0669 e. The van der Waals surface area contributed by atoms with Crippen molar-refractivity contribution < 1.29 is 4.74 Å². The van der Waals surface area contributed by atoms with E-state index in [1.165, 1.54) is 17.0 Å². The van der Waals surface area contributed by atoms with E-state index in [2.05, 4.69) is 44.6 Å². The van der Waals surface area contributed by atoms with E-state index < -0.39 is 0 Å². The Kier molecular flexibility index (Phi) is 6.01. The SMILES string of the molecule is CCc1nn(CCOC)c(CC)c1CNC(C)(C)C. The molecule has 0 aliphatic rings. The highest BCUT2D eigenvalue weighted by Crippen LogP contribution is 2.17. The maximum Gasteiger partial charge on any atom is 0.0669 e. The largest absolute Gasteiger partial charge is 0.383 e. The third-order valence-electron chi connectivity index (χ3n) is 3.22. The lowest BCUT2D eigenvalue weighted by Crippen LogP contribution is -2.35. The van der Waals surface area contributed by atoms with Crippen LogP contribution in [0.5, 0.6) is 0 Å². The van der Waals surface area contributed by atoms with Crippen molar-refractivity contribution in [2.24, 2.45) is 0 Å². The van der Waals surface area contributed by atoms with Crippen molar-refractivity contribution in [1.29, 1.82) is 0 Å². The van der Waals surface area contributed by atoms with Crippen molar-refractivity contribution in [3.05, 3.63) is 17.0 Å². The van der Waals surface area contributed by atoms with E-state index in [0.29, 0.717) is 6.61 Å². The molecular formula is C15H29N3O. The number of aryl methyl sites for hydroxylation is 1. The van der Waals surface area contributed by atoms with Gasteiger partial charge in [-0.05, 0) is 33.6 Å². The minimum absolute atomic E-state index is 0.130. The van der Waals surface area contributed by atoms with Gasteiger partial charge in [-0.2, -0.15) is 5.10 Å². The Labute approximate surface area is 117 Å². The van der Waals surface area contributed by atoms with E-state index in [1.54, 1.807) is 7.11 Å². The molecule has 1 aromatic heterocycles. The number of methoxy groups -OCH3 is 1. The molecule has 0 aliphatic heterocycles. The van der Waals surface area contributed by atoms with E-state index in [0.717, 1.165) is 25.9 Å². The molecule has 0 radical (unpaired) electrons. The molecule has 1 N–H and O–H groups in total. The van der Waals surface area contributed by atoms with Gasteiger partial charge in [0.1, 0.15) is 0 Å². The molecule has 1 aromatic rings. The summed E-state index contributed by atoms with van der Waals surface area (Å²) in [5.41, 5.74) is 4.05. The Bertz CT molecular complexity index is 391. The van der Waals surface area contributed by atoms with E-state index in [9.17, 15) is 0 Å². The Balaban J connectivity index is 2.95. The van der Waals surface area contributed by atoms with Gasteiger partial charge in [-0.15, -0.1) is 0 Å². The van der Waals surface area contributed by atoms with Crippen molar-refractivity contribution in [1.82, 2.24) is 15.1 Å². The minimum atomic E-state index is 0.130. The third-order valence-corrected chi connectivity index (χ3v) is 3.22. The quantitative estimate of drug-likeness (QED) is 0.825. The van der Waals surface area contributed by atoms with E-state index in [4.69, 9.17) is 9.84 Å². The third kappa shape index (κ3) is 4.62. The summed E-state index contributed by atoms with van der Waals surface area (Å²) in [6, 6.07) is 0. The number of hydrogen-bond acceptors (Lipinski definition) is 3. The molecule has 0 aliphatic carbocycles. The summed E-state index contributed by atoms with van der Waals surface area (Å²) >= 11 is 0. The zero-order chi connectivity index (χ0) is 14.5. The van der Waals surface area contributed by atoms with Gasteiger partial charge in [-0.3, -0.25) is 4.68 Å². The molecule has 1 heterocycles. The highest BCUT2D eigenvalue weighted by molar-refractivity contribution is 5.27. The van der Waals surface area contributed by atoms with Crippen LogP contribution < -0.4 is 5.32 Å². The molecule has 4 heteroatoms. The first-order chi connectivity index (χ1) is 8.92. The molecule has 0 bridgehead atoms. The Hall–Kier alpha value is -0.870. The lowest BCUT2D eigenvalue weighted by atomic mass is 10.1. The molecule has 1 rings (SSSR count). The highest BCUT2D eigenvalue weighted by Gasteiger charge is 2.17. The summed E-state index contributed by atoms with van der Waals surface area (Å²) in [6.45, 7) is 13.4. The van der Waals surface area contributed by atoms with Crippen LogP contribution in [0, 0.1) is 0 Å². The molecule has 4 nitrogen and oxygen atoms in total. The van der Waals surface area contributed by atoms with Crippen LogP contribution in [-0.4, -0.2) is 29.0 Å². The monoisotopic (exact) mass is 267 g/mol. The molecule has 0 spiro atoms. The summed E-state index contributed by atoms with van der Waals surface area (Å²) in [6.07, 6.45) is 1.99. The number of nitrogens with zero attached hydrogens (tertiary/aromatic N) is 2. The Morgan fingerprint density at radius 1 is 1.21 bits per heavy atom. The van der Waals surface area contributed by atoms with Gasteiger partial charge in [0.05, 0.1) is 18.8 Å². The van der Waals surface area contributed by atoms with Crippen LogP contribution in [0.2, 0.25) is 0 Å². The molecule has 0 saturated heterocycles. The second-order valence-electron chi connectivity index (χ2n) is 5.90. The van der Waals surface area contributed by atoms with Crippen LogP contribution >= 0.6 is 0 Å². The first-order valence-electron chi connectivity index (χ1n) is 7.24. The maximum absolute atomic E-state index is 5.17. The zero-order valence-electron chi connectivity index (χ0n) is 13.3. The fraction of sp³-hybridized carbons (Fsp3) is 0.800. The predicted octanol–water partition coefficient (Wildman–Crippen LogP) is 2.54. The fourth-order valence-corrected chi connectivity index (χ4v) is 2.19. The predicted molar refractivity (Wildman–Crippen MR) is 79.5 cm³/mol. The lowest BCUT2D eigenvalue weighted by molar-refractivity contribution is 0.182. The second kappa shape index (κ2) is 7.06. The second-order valence-corrected chi connectivity index (χ2v) is 5.90. The first kappa shape index (κ1) is 16.2. The van der Waals surface area contributed by atoms with Gasteiger partial charge in [0.15, 0.2) is 0 Å². The van der Waals surface area contributed by atoms with Gasteiger partial charge in [-0.25, -0.2) is 0 Å². The van der Waals surface area contributed by atoms with Gasteiger partial charge >= 0.3 is 0 Å². The van der Waals surface area contributed by atoms with Gasteiger partial charge in [0.25, 0.3) is 0 Å². The van der Waals surface area contributed by atoms with Crippen LogP contribution in [0.15, 0.2) is 0 Å². The number of hydrogen-bond donors (Lipinski definition) is 1. The normalized spacial score (nSPS) is 12.1. The summed E-state index contributed by atoms with van der Waals surface area (Å²) in [4.78, 5) is 0.